The number of ether oxygens (including phenoxy) is 1. The van der Waals surface area contributed by atoms with Gasteiger partial charge in [-0.25, -0.2) is 9.37 Å². The fourth-order valence-electron chi connectivity index (χ4n) is 2.51. The van der Waals surface area contributed by atoms with E-state index in [1.807, 2.05) is 18.2 Å². The fourth-order valence-corrected chi connectivity index (χ4v) is 2.51. The van der Waals surface area contributed by atoms with Crippen LogP contribution in [0, 0.1) is 5.82 Å². The minimum atomic E-state index is -0.417. The van der Waals surface area contributed by atoms with E-state index in [9.17, 15) is 4.39 Å². The van der Waals surface area contributed by atoms with E-state index in [0.717, 1.165) is 16.8 Å². The van der Waals surface area contributed by atoms with Crippen molar-refractivity contribution < 1.29 is 9.13 Å². The number of hydrogen-bond acceptors (Lipinski definition) is 5. The van der Waals surface area contributed by atoms with Crippen LogP contribution in [0.1, 0.15) is 0 Å². The second-order valence-corrected chi connectivity index (χ2v) is 5.08. The third-order valence-corrected chi connectivity index (χ3v) is 3.67. The van der Waals surface area contributed by atoms with Crippen LogP contribution in [0.4, 0.5) is 4.39 Å². The minimum Gasteiger partial charge on any atom is -0.494 e. The van der Waals surface area contributed by atoms with Crippen molar-refractivity contribution in [1.29, 1.82) is 0 Å². The van der Waals surface area contributed by atoms with E-state index in [4.69, 9.17) is 4.74 Å². The van der Waals surface area contributed by atoms with E-state index in [-0.39, 0.29) is 5.75 Å². The van der Waals surface area contributed by atoms with E-state index in [1.165, 1.54) is 19.5 Å². The second kappa shape index (κ2) is 5.69. The molecule has 0 radical (unpaired) electrons. The summed E-state index contributed by atoms with van der Waals surface area (Å²) in [4.78, 5) is 12.7. The Morgan fingerprint density at radius 3 is 2.67 bits per heavy atom. The van der Waals surface area contributed by atoms with Gasteiger partial charge in [-0.1, -0.05) is 0 Å². The van der Waals surface area contributed by atoms with Gasteiger partial charge in [0.25, 0.3) is 5.78 Å². The van der Waals surface area contributed by atoms with Crippen LogP contribution in [0.25, 0.3) is 28.3 Å². The zero-order chi connectivity index (χ0) is 16.5. The first-order valence-corrected chi connectivity index (χ1v) is 7.21. The second-order valence-electron chi connectivity index (χ2n) is 5.08. The fraction of sp³-hybridized carbons (Fsp3) is 0.0588. The molecule has 3 heterocycles. The van der Waals surface area contributed by atoms with Crippen molar-refractivity contribution in [3.63, 3.8) is 0 Å². The van der Waals surface area contributed by atoms with E-state index in [0.29, 0.717) is 11.5 Å². The third kappa shape index (κ3) is 2.36. The molecule has 0 aliphatic rings. The number of rotatable bonds is 3. The van der Waals surface area contributed by atoms with E-state index in [2.05, 4.69) is 20.1 Å². The molecule has 0 bridgehead atoms. The molecule has 1 aromatic carbocycles. The number of nitrogens with zero attached hydrogens (tertiary/aromatic N) is 5. The average molecular weight is 321 g/mol. The molecule has 0 aliphatic carbocycles. The highest BCUT2D eigenvalue weighted by Gasteiger charge is 2.12. The summed E-state index contributed by atoms with van der Waals surface area (Å²) >= 11 is 0. The van der Waals surface area contributed by atoms with Gasteiger partial charge in [-0.15, -0.1) is 0 Å². The van der Waals surface area contributed by atoms with Gasteiger partial charge in [0.05, 0.1) is 18.5 Å². The van der Waals surface area contributed by atoms with Crippen molar-refractivity contribution in [1.82, 2.24) is 24.6 Å². The van der Waals surface area contributed by atoms with Crippen LogP contribution in [-0.4, -0.2) is 31.7 Å². The molecule has 0 amide bonds. The van der Waals surface area contributed by atoms with Crippen LogP contribution < -0.4 is 4.74 Å². The average Bonchev–Trinajstić information content (AvgIpc) is 3.10. The van der Waals surface area contributed by atoms with Crippen LogP contribution >= 0.6 is 0 Å². The summed E-state index contributed by atoms with van der Waals surface area (Å²) in [5.41, 5.74) is 3.13. The minimum absolute atomic E-state index is 0.168. The first-order chi connectivity index (χ1) is 11.8. The summed E-state index contributed by atoms with van der Waals surface area (Å²) in [6.45, 7) is 0. The number of fused-ring (bicyclic) bond motifs is 1. The number of aromatic nitrogens is 5. The van der Waals surface area contributed by atoms with E-state index < -0.39 is 5.82 Å². The first-order valence-electron chi connectivity index (χ1n) is 7.21. The Labute approximate surface area is 136 Å². The number of halogens is 1. The summed E-state index contributed by atoms with van der Waals surface area (Å²) in [7, 11) is 1.43. The lowest BCUT2D eigenvalue weighted by molar-refractivity contribution is 0.387. The summed E-state index contributed by atoms with van der Waals surface area (Å²) in [5.74, 6) is 0.211. The number of methoxy groups -OCH3 is 1. The summed E-state index contributed by atoms with van der Waals surface area (Å²) in [5, 5.41) is 4.22. The van der Waals surface area contributed by atoms with Crippen LogP contribution in [-0.2, 0) is 0 Å². The lowest BCUT2D eigenvalue weighted by Gasteiger charge is -2.09. The monoisotopic (exact) mass is 321 g/mol. The summed E-state index contributed by atoms with van der Waals surface area (Å²) < 4.78 is 20.4. The van der Waals surface area contributed by atoms with Crippen LogP contribution in [0.5, 0.6) is 5.75 Å². The standard InChI is InChI=1S/C17H12FN5O/c1-24-16-8-12(2-3-13(16)18)14-9-15(11-4-6-19-7-5-11)23-17(22-14)20-10-21-23/h2-10H,1H3. The number of pyridine rings is 1. The Morgan fingerprint density at radius 1 is 1.04 bits per heavy atom. The molecule has 0 unspecified atom stereocenters. The molecule has 118 valence electrons. The predicted molar refractivity (Wildman–Crippen MR) is 86.0 cm³/mol. The molecule has 0 fully saturated rings. The summed E-state index contributed by atoms with van der Waals surface area (Å²) in [6, 6.07) is 10.3. The summed E-state index contributed by atoms with van der Waals surface area (Å²) in [6.07, 6.45) is 4.86. The molecule has 0 spiro atoms. The van der Waals surface area contributed by atoms with Crippen molar-refractivity contribution in [3.05, 3.63) is 60.9 Å². The molecule has 0 atom stereocenters. The molecule has 4 aromatic rings. The topological polar surface area (TPSA) is 65.2 Å². The first kappa shape index (κ1) is 14.3. The van der Waals surface area contributed by atoms with Gasteiger partial charge in [-0.05, 0) is 36.4 Å². The van der Waals surface area contributed by atoms with Crippen LogP contribution in [0.15, 0.2) is 55.1 Å². The molecule has 24 heavy (non-hydrogen) atoms. The Morgan fingerprint density at radius 2 is 1.88 bits per heavy atom. The van der Waals surface area contributed by atoms with Crippen molar-refractivity contribution in [2.45, 2.75) is 0 Å². The van der Waals surface area contributed by atoms with Crippen molar-refractivity contribution >= 4 is 5.78 Å². The van der Waals surface area contributed by atoms with E-state index in [1.54, 1.807) is 29.0 Å². The van der Waals surface area contributed by atoms with Gasteiger partial charge in [0.15, 0.2) is 11.6 Å². The maximum atomic E-state index is 13.7. The molecule has 6 nitrogen and oxygen atoms in total. The highest BCUT2D eigenvalue weighted by molar-refractivity contribution is 5.71. The largest absolute Gasteiger partial charge is 0.494 e. The maximum absolute atomic E-state index is 13.7. The van der Waals surface area contributed by atoms with Crippen molar-refractivity contribution in [2.75, 3.05) is 7.11 Å². The van der Waals surface area contributed by atoms with E-state index >= 15 is 0 Å². The molecule has 0 saturated carbocycles. The zero-order valence-corrected chi connectivity index (χ0v) is 12.7. The Kier molecular flexibility index (Phi) is 3.38. The highest BCUT2D eigenvalue weighted by Crippen LogP contribution is 2.28. The number of benzene rings is 1. The van der Waals surface area contributed by atoms with Gasteiger partial charge >= 0.3 is 0 Å². The Hall–Kier alpha value is -3.35. The van der Waals surface area contributed by atoms with Crippen molar-refractivity contribution in [2.24, 2.45) is 0 Å². The molecule has 0 saturated heterocycles. The zero-order valence-electron chi connectivity index (χ0n) is 12.7. The molecule has 4 rings (SSSR count). The molecular formula is C17H12FN5O. The lowest BCUT2D eigenvalue weighted by atomic mass is 10.1. The van der Waals surface area contributed by atoms with Gasteiger partial charge in [-0.2, -0.15) is 14.6 Å². The molecule has 7 heteroatoms. The SMILES string of the molecule is COc1cc(-c2cc(-c3ccncc3)n3ncnc3n2)ccc1F. The van der Waals surface area contributed by atoms with Gasteiger partial charge in [0.2, 0.25) is 0 Å². The van der Waals surface area contributed by atoms with Gasteiger partial charge in [-0.3, -0.25) is 4.98 Å². The van der Waals surface area contributed by atoms with Crippen molar-refractivity contribution in [3.8, 4) is 28.3 Å². The molecule has 0 N–H and O–H groups in total. The number of hydrogen-bond donors (Lipinski definition) is 0. The normalized spacial score (nSPS) is 10.9. The van der Waals surface area contributed by atoms with Gasteiger partial charge in [0, 0.05) is 23.5 Å². The predicted octanol–water partition coefficient (Wildman–Crippen LogP) is 3.00. The molecule has 3 aromatic heterocycles. The quantitative estimate of drug-likeness (QED) is 0.580. The highest BCUT2D eigenvalue weighted by atomic mass is 19.1. The van der Waals surface area contributed by atoms with Gasteiger partial charge in [0.1, 0.15) is 6.33 Å². The smallest absolute Gasteiger partial charge is 0.253 e. The maximum Gasteiger partial charge on any atom is 0.253 e. The van der Waals surface area contributed by atoms with Crippen LogP contribution in [0.3, 0.4) is 0 Å². The van der Waals surface area contributed by atoms with Crippen LogP contribution in [0.2, 0.25) is 0 Å². The van der Waals surface area contributed by atoms with Gasteiger partial charge < -0.3 is 4.74 Å². The Balaban J connectivity index is 1.94. The Bertz CT molecular complexity index is 1020. The lowest BCUT2D eigenvalue weighted by Crippen LogP contribution is -1.99. The molecule has 0 aliphatic heterocycles. The molecular weight excluding hydrogens is 309 g/mol. The third-order valence-electron chi connectivity index (χ3n) is 3.67.